The van der Waals surface area contributed by atoms with Gasteiger partial charge in [-0.1, -0.05) is 127 Å². The predicted molar refractivity (Wildman–Crippen MR) is 214 cm³/mol. The van der Waals surface area contributed by atoms with Gasteiger partial charge in [-0.2, -0.15) is 8.42 Å². The zero-order valence-corrected chi connectivity index (χ0v) is 35.9. The molecule has 0 aliphatic carbocycles. The van der Waals surface area contributed by atoms with Crippen LogP contribution in [0.25, 0.3) is 0 Å². The third-order valence-electron chi connectivity index (χ3n) is 8.90. The summed E-state index contributed by atoms with van der Waals surface area (Å²) in [6, 6.07) is 21.2. The first-order valence-electron chi connectivity index (χ1n) is 18.9. The fourth-order valence-corrected chi connectivity index (χ4v) is 6.93. The van der Waals surface area contributed by atoms with E-state index in [0.29, 0.717) is 41.2 Å². The van der Waals surface area contributed by atoms with Crippen LogP contribution in [0.15, 0.2) is 94.7 Å². The van der Waals surface area contributed by atoms with Gasteiger partial charge in [-0.25, -0.2) is 8.42 Å². The van der Waals surface area contributed by atoms with Gasteiger partial charge in [-0.3, -0.25) is 4.55 Å². The van der Waals surface area contributed by atoms with Crippen LogP contribution in [0.2, 0.25) is 0 Å². The van der Waals surface area contributed by atoms with Crippen LogP contribution in [0.4, 0.5) is 0 Å². The van der Waals surface area contributed by atoms with E-state index in [2.05, 4.69) is 13.8 Å². The van der Waals surface area contributed by atoms with Gasteiger partial charge in [0.05, 0.1) is 9.79 Å². The third kappa shape index (κ3) is 17.9. The van der Waals surface area contributed by atoms with Crippen LogP contribution in [-0.2, 0) is 33.1 Å². The second-order valence-electron chi connectivity index (χ2n) is 13.3. The van der Waals surface area contributed by atoms with Crippen molar-refractivity contribution in [2.75, 3.05) is 0 Å². The average molecular weight is 823 g/mol. The minimum absolute atomic E-state index is 0. The van der Waals surface area contributed by atoms with E-state index in [-0.39, 0.29) is 64.8 Å². The van der Waals surface area contributed by atoms with Gasteiger partial charge in [0.2, 0.25) is 0 Å². The summed E-state index contributed by atoms with van der Waals surface area (Å²) in [5, 5.41) is 21.8. The molecule has 4 aromatic rings. The van der Waals surface area contributed by atoms with Crippen molar-refractivity contribution in [3.05, 3.63) is 96.1 Å². The molecule has 0 saturated heterocycles. The maximum Gasteiger partial charge on any atom is 2.00 e. The monoisotopic (exact) mass is 822 g/mol. The second kappa shape index (κ2) is 25.4. The Balaban J connectivity index is 0.000000373. The van der Waals surface area contributed by atoms with E-state index < -0.39 is 20.2 Å². The number of para-hydroxylation sites is 4. The molecule has 296 valence electrons. The Morgan fingerprint density at radius 2 is 0.964 bits per heavy atom. The van der Waals surface area contributed by atoms with Gasteiger partial charge < -0.3 is 24.2 Å². The quantitative estimate of drug-likeness (QED) is 0.0441. The first kappa shape index (κ1) is 48.3. The van der Waals surface area contributed by atoms with Crippen molar-refractivity contribution in [3.63, 3.8) is 0 Å². The third-order valence-corrected chi connectivity index (χ3v) is 10.6. The number of phenolic OH excluding ortho intramolecular Hbond substituents is 1. The van der Waals surface area contributed by atoms with Crippen molar-refractivity contribution in [1.82, 2.24) is 0 Å². The topological polar surface area (TPSA) is 173 Å². The largest absolute Gasteiger partial charge is 2.00 e. The molecule has 0 spiro atoms. The maximum atomic E-state index is 11.9. The number of benzene rings is 4. The number of hydrogen-bond acceptors (Lipinski definition) is 9. The molecule has 0 aromatic heterocycles. The summed E-state index contributed by atoms with van der Waals surface area (Å²) in [4.78, 5) is -0.423. The molecule has 0 saturated carbocycles. The number of phenols is 1. The Bertz CT molecular complexity index is 1810. The van der Waals surface area contributed by atoms with E-state index in [0.717, 1.165) is 38.5 Å². The first-order chi connectivity index (χ1) is 25.8. The number of hydrogen-bond donors (Lipinski definition) is 2. The molecule has 0 heterocycles. The van der Waals surface area contributed by atoms with Gasteiger partial charge in [-0.05, 0) is 91.4 Å². The second-order valence-corrected chi connectivity index (χ2v) is 16.1. The summed E-state index contributed by atoms with van der Waals surface area (Å²) in [5.74, 6) is 1.14. The molecular weight excluding hydrogens is 769 g/mol. The van der Waals surface area contributed by atoms with E-state index in [1.54, 1.807) is 36.4 Å². The van der Waals surface area contributed by atoms with Crippen LogP contribution >= 0.6 is 0 Å². The fraction of sp³-hybridized carbons (Fsp3) is 0.429. The van der Waals surface area contributed by atoms with Crippen molar-refractivity contribution in [3.8, 4) is 34.5 Å². The van der Waals surface area contributed by atoms with Crippen LogP contribution in [0.3, 0.4) is 0 Å². The molecule has 2 N–H and O–H groups in total. The minimum atomic E-state index is -4.54. The first-order valence-corrected chi connectivity index (χ1v) is 21.8. The Morgan fingerprint density at radius 3 is 1.44 bits per heavy atom. The average Bonchev–Trinajstić information content (AvgIpc) is 3.13. The van der Waals surface area contributed by atoms with E-state index in [4.69, 9.17) is 9.47 Å². The molecule has 0 bridgehead atoms. The number of unbranched alkanes of at least 4 members (excludes halogenated alkanes) is 12. The molecule has 4 rings (SSSR count). The molecule has 0 amide bonds. The number of aryl methyl sites for hydroxylation is 2. The molecule has 55 heavy (non-hydrogen) atoms. The number of rotatable bonds is 22. The van der Waals surface area contributed by atoms with Crippen LogP contribution < -0.4 is 14.6 Å². The van der Waals surface area contributed by atoms with E-state index in [1.807, 2.05) is 0 Å². The molecular formula is C42H54CaO10S2. The summed E-state index contributed by atoms with van der Waals surface area (Å²) >= 11 is 0. The summed E-state index contributed by atoms with van der Waals surface area (Å²) < 4.78 is 77.8. The number of ether oxygens (including phenoxy) is 2. The molecule has 0 atom stereocenters. The molecule has 13 heteroatoms. The number of aromatic hydroxyl groups is 1. The standard InChI is InChI=1S/2C21H28O5S.Ca/c2*1-2-3-4-5-6-7-8-11-17-16-18(27(23,24)25)14-15-20(17)26-21-13-10-9-12-19(21)22;/h2*9-10,12-16,22H,2-8,11H2,1H3,(H,23,24,25);/q;;+2/p-2. The molecule has 0 unspecified atom stereocenters. The molecule has 0 radical (unpaired) electrons. The van der Waals surface area contributed by atoms with Crippen molar-refractivity contribution < 1.29 is 45.6 Å². The molecule has 0 fully saturated rings. The van der Waals surface area contributed by atoms with Crippen LogP contribution in [-0.4, -0.2) is 68.8 Å². The maximum absolute atomic E-state index is 11.9. The van der Waals surface area contributed by atoms with Crippen molar-refractivity contribution in [1.29, 1.82) is 0 Å². The zero-order valence-electron chi connectivity index (χ0n) is 32.1. The Hall–Kier alpha value is -2.84. The van der Waals surface area contributed by atoms with Crippen LogP contribution in [0.1, 0.15) is 115 Å². The predicted octanol–water partition coefficient (Wildman–Crippen LogP) is 10.1. The fourth-order valence-electron chi connectivity index (χ4n) is 5.88. The zero-order chi connectivity index (χ0) is 39.4. The Labute approximate surface area is 357 Å². The summed E-state index contributed by atoms with van der Waals surface area (Å²) in [6.07, 6.45) is 17.1. The van der Waals surface area contributed by atoms with Crippen LogP contribution in [0, 0.1) is 0 Å². The van der Waals surface area contributed by atoms with E-state index >= 15 is 0 Å². The van der Waals surface area contributed by atoms with Gasteiger partial charge >= 0.3 is 37.7 Å². The van der Waals surface area contributed by atoms with Gasteiger partial charge in [0.15, 0.2) is 11.5 Å². The summed E-state index contributed by atoms with van der Waals surface area (Å²) in [6.45, 7) is 4.37. The van der Waals surface area contributed by atoms with Gasteiger partial charge in [-0.15, -0.1) is 0 Å². The van der Waals surface area contributed by atoms with Gasteiger partial charge in [0.25, 0.3) is 10.1 Å². The van der Waals surface area contributed by atoms with Crippen molar-refractivity contribution in [2.45, 2.75) is 126 Å². The molecule has 0 aliphatic rings. The molecule has 4 aromatic carbocycles. The summed E-state index contributed by atoms with van der Waals surface area (Å²) in [5.41, 5.74) is 1.32. The Morgan fingerprint density at radius 1 is 0.545 bits per heavy atom. The normalized spacial score (nSPS) is 11.3. The summed E-state index contributed by atoms with van der Waals surface area (Å²) in [7, 11) is -8.81. The minimum Gasteiger partial charge on any atom is -0.870 e. The van der Waals surface area contributed by atoms with Gasteiger partial charge in [0.1, 0.15) is 27.4 Å². The SMILES string of the molecule is CCCCCCCCCc1cc(S(=O)(=O)O)ccc1Oc1ccccc1O.CCCCCCCCCc1cc(S(=O)(=O)[O-])ccc1Oc1ccccc1[O-].[Ca+2]. The molecule has 0 aliphatic heterocycles. The molecule has 10 nitrogen and oxygen atoms in total. The van der Waals surface area contributed by atoms with Crippen molar-refractivity contribution >= 4 is 58.0 Å². The smallest absolute Gasteiger partial charge is 0.870 e. The Kier molecular flexibility index (Phi) is 22.3. The van der Waals surface area contributed by atoms with Crippen LogP contribution in [0.5, 0.6) is 34.5 Å². The van der Waals surface area contributed by atoms with E-state index in [9.17, 15) is 36.2 Å². The van der Waals surface area contributed by atoms with E-state index in [1.165, 1.54) is 99.9 Å². The van der Waals surface area contributed by atoms with Crippen molar-refractivity contribution in [2.24, 2.45) is 0 Å². The van der Waals surface area contributed by atoms with Gasteiger partial charge in [0, 0.05) is 0 Å².